The molecule has 0 radical (unpaired) electrons. The molecule has 4 aromatic rings. The molecular formula is C19H13FN4S2. The van der Waals surface area contributed by atoms with Crippen molar-refractivity contribution in [2.45, 2.75) is 0 Å². The van der Waals surface area contributed by atoms with Gasteiger partial charge >= 0.3 is 0 Å². The minimum absolute atomic E-state index is 0.335. The number of hydrogen-bond acceptors (Lipinski definition) is 4. The highest BCUT2D eigenvalue weighted by molar-refractivity contribution is 7.71. The van der Waals surface area contributed by atoms with Gasteiger partial charge in [-0.2, -0.15) is 14.9 Å². The summed E-state index contributed by atoms with van der Waals surface area (Å²) in [7, 11) is 0. The average Bonchev–Trinajstić information content (AvgIpc) is 3.27. The van der Waals surface area contributed by atoms with Gasteiger partial charge in [0.1, 0.15) is 5.82 Å². The zero-order chi connectivity index (χ0) is 17.9. The van der Waals surface area contributed by atoms with E-state index in [-0.39, 0.29) is 5.82 Å². The van der Waals surface area contributed by atoms with Crippen LogP contribution in [0, 0.1) is 10.6 Å². The van der Waals surface area contributed by atoms with Gasteiger partial charge in [-0.3, -0.25) is 0 Å². The number of halogens is 1. The molecule has 128 valence electrons. The molecule has 0 saturated heterocycles. The summed E-state index contributed by atoms with van der Waals surface area (Å²) in [6.07, 6.45) is 1.73. The van der Waals surface area contributed by atoms with Crippen molar-refractivity contribution in [2.75, 3.05) is 0 Å². The summed E-state index contributed by atoms with van der Waals surface area (Å²) in [5.74, 6) is 0.128. The monoisotopic (exact) mass is 380 g/mol. The molecule has 0 aliphatic carbocycles. The van der Waals surface area contributed by atoms with E-state index in [0.717, 1.165) is 15.3 Å². The van der Waals surface area contributed by atoms with Crippen molar-refractivity contribution in [2.24, 2.45) is 5.10 Å². The summed E-state index contributed by atoms with van der Waals surface area (Å²) >= 11 is 6.87. The van der Waals surface area contributed by atoms with Crippen LogP contribution >= 0.6 is 23.6 Å². The standard InChI is InChI=1S/C19H13FN4S2/c20-15-8-4-7-14(11-15)18-22-23-19(25)24(18)21-12-16-9-10-17(26-16)13-5-2-1-3-6-13/h1-12H,(H,23,25)/b21-12-. The van der Waals surface area contributed by atoms with Crippen LogP contribution in [0.3, 0.4) is 0 Å². The third kappa shape index (κ3) is 3.40. The smallest absolute Gasteiger partial charge is 0.216 e. The molecule has 0 amide bonds. The number of rotatable bonds is 4. The Hall–Kier alpha value is -2.90. The van der Waals surface area contributed by atoms with Gasteiger partial charge in [0, 0.05) is 15.3 Å². The Morgan fingerprint density at radius 1 is 1.04 bits per heavy atom. The fraction of sp³-hybridized carbons (Fsp3) is 0. The molecule has 0 bridgehead atoms. The molecule has 1 N–H and O–H groups in total. The molecule has 0 fully saturated rings. The van der Waals surface area contributed by atoms with Crippen molar-refractivity contribution in [1.29, 1.82) is 0 Å². The molecule has 4 rings (SSSR count). The summed E-state index contributed by atoms with van der Waals surface area (Å²) in [5.41, 5.74) is 1.77. The van der Waals surface area contributed by atoms with E-state index < -0.39 is 0 Å². The first-order chi connectivity index (χ1) is 12.7. The predicted molar refractivity (Wildman–Crippen MR) is 106 cm³/mol. The van der Waals surface area contributed by atoms with Crippen molar-refractivity contribution in [3.63, 3.8) is 0 Å². The van der Waals surface area contributed by atoms with E-state index in [0.29, 0.717) is 16.2 Å². The highest BCUT2D eigenvalue weighted by Gasteiger charge is 2.09. The predicted octanol–water partition coefficient (Wildman–Crippen LogP) is 5.36. The Morgan fingerprint density at radius 2 is 1.85 bits per heavy atom. The highest BCUT2D eigenvalue weighted by Crippen LogP contribution is 2.27. The molecule has 2 aromatic carbocycles. The van der Waals surface area contributed by atoms with Crippen LogP contribution in [0.2, 0.25) is 0 Å². The summed E-state index contributed by atoms with van der Waals surface area (Å²) in [6, 6.07) is 20.4. The van der Waals surface area contributed by atoms with Crippen LogP contribution in [-0.2, 0) is 0 Å². The first-order valence-corrected chi connectivity index (χ1v) is 9.06. The summed E-state index contributed by atoms with van der Waals surface area (Å²) in [5, 5.41) is 11.3. The van der Waals surface area contributed by atoms with Crippen molar-refractivity contribution in [3.8, 4) is 21.8 Å². The number of nitrogens with one attached hydrogen (secondary N) is 1. The van der Waals surface area contributed by atoms with Gasteiger partial charge in [-0.15, -0.1) is 11.3 Å². The molecule has 2 aromatic heterocycles. The van der Waals surface area contributed by atoms with Crippen molar-refractivity contribution in [1.82, 2.24) is 14.9 Å². The third-order valence-corrected chi connectivity index (χ3v) is 5.05. The molecule has 0 aliphatic rings. The second-order valence-corrected chi connectivity index (χ2v) is 6.99. The lowest BCUT2D eigenvalue weighted by Crippen LogP contribution is -1.94. The van der Waals surface area contributed by atoms with Crippen molar-refractivity contribution >= 4 is 29.8 Å². The molecule has 26 heavy (non-hydrogen) atoms. The number of nitrogens with zero attached hydrogens (tertiary/aromatic N) is 3. The highest BCUT2D eigenvalue weighted by atomic mass is 32.1. The Bertz CT molecular complexity index is 1130. The van der Waals surface area contributed by atoms with E-state index >= 15 is 0 Å². The van der Waals surface area contributed by atoms with Gasteiger partial charge in [-0.25, -0.2) is 9.49 Å². The molecule has 0 saturated carbocycles. The zero-order valence-corrected chi connectivity index (χ0v) is 15.1. The number of H-pyrrole nitrogens is 1. The van der Waals surface area contributed by atoms with Gasteiger partial charge in [0.25, 0.3) is 0 Å². The van der Waals surface area contributed by atoms with Crippen LogP contribution < -0.4 is 0 Å². The zero-order valence-electron chi connectivity index (χ0n) is 13.5. The second kappa shape index (κ2) is 7.15. The minimum Gasteiger partial charge on any atom is -0.250 e. The largest absolute Gasteiger partial charge is 0.250 e. The van der Waals surface area contributed by atoms with Gasteiger partial charge in [0.2, 0.25) is 4.77 Å². The summed E-state index contributed by atoms with van der Waals surface area (Å²) < 4.78 is 15.3. The fourth-order valence-electron chi connectivity index (χ4n) is 2.51. The Balaban J connectivity index is 1.65. The third-order valence-electron chi connectivity index (χ3n) is 3.72. The Kier molecular flexibility index (Phi) is 4.55. The van der Waals surface area contributed by atoms with Gasteiger partial charge in [0.05, 0.1) is 6.21 Å². The molecule has 0 aliphatic heterocycles. The number of aromatic nitrogens is 3. The van der Waals surface area contributed by atoms with Crippen molar-refractivity contribution < 1.29 is 4.39 Å². The Morgan fingerprint density at radius 3 is 2.65 bits per heavy atom. The molecule has 0 unspecified atom stereocenters. The summed E-state index contributed by atoms with van der Waals surface area (Å²) in [4.78, 5) is 2.14. The lowest BCUT2D eigenvalue weighted by molar-refractivity contribution is 0.628. The fourth-order valence-corrected chi connectivity index (χ4v) is 3.57. The lowest BCUT2D eigenvalue weighted by atomic mass is 10.2. The maximum Gasteiger partial charge on any atom is 0.216 e. The van der Waals surface area contributed by atoms with E-state index in [1.54, 1.807) is 29.7 Å². The van der Waals surface area contributed by atoms with Crippen LogP contribution in [0.5, 0.6) is 0 Å². The van der Waals surface area contributed by atoms with Crippen LogP contribution in [-0.4, -0.2) is 21.1 Å². The van der Waals surface area contributed by atoms with E-state index in [1.165, 1.54) is 16.8 Å². The molecule has 0 spiro atoms. The van der Waals surface area contributed by atoms with Gasteiger partial charge in [-0.1, -0.05) is 42.5 Å². The quantitative estimate of drug-likeness (QED) is 0.383. The second-order valence-electron chi connectivity index (χ2n) is 5.49. The molecule has 7 heteroatoms. The van der Waals surface area contributed by atoms with E-state index in [1.807, 2.05) is 24.3 Å². The first-order valence-electron chi connectivity index (χ1n) is 7.84. The van der Waals surface area contributed by atoms with Crippen LogP contribution in [0.1, 0.15) is 4.88 Å². The number of aromatic amines is 1. The van der Waals surface area contributed by atoms with Gasteiger partial charge < -0.3 is 0 Å². The molecule has 0 atom stereocenters. The number of hydrogen-bond donors (Lipinski definition) is 1. The van der Waals surface area contributed by atoms with Gasteiger partial charge in [0.15, 0.2) is 5.82 Å². The number of thiophene rings is 1. The topological polar surface area (TPSA) is 46.0 Å². The van der Waals surface area contributed by atoms with E-state index in [2.05, 4.69) is 33.5 Å². The van der Waals surface area contributed by atoms with Gasteiger partial charge in [-0.05, 0) is 42.0 Å². The van der Waals surface area contributed by atoms with Crippen LogP contribution in [0.25, 0.3) is 21.8 Å². The minimum atomic E-state index is -0.335. The van der Waals surface area contributed by atoms with Crippen LogP contribution in [0.15, 0.2) is 71.8 Å². The maximum absolute atomic E-state index is 13.5. The number of benzene rings is 2. The Labute approximate surface area is 158 Å². The molecular weight excluding hydrogens is 367 g/mol. The molecule has 2 heterocycles. The maximum atomic E-state index is 13.5. The lowest BCUT2D eigenvalue weighted by Gasteiger charge is -2.00. The summed E-state index contributed by atoms with van der Waals surface area (Å²) in [6.45, 7) is 0. The van der Waals surface area contributed by atoms with E-state index in [9.17, 15) is 4.39 Å². The van der Waals surface area contributed by atoms with Crippen molar-refractivity contribution in [3.05, 3.63) is 82.2 Å². The van der Waals surface area contributed by atoms with E-state index in [4.69, 9.17) is 12.2 Å². The first kappa shape index (κ1) is 16.6. The SMILES string of the molecule is Fc1cccc(-c2n[nH]c(=S)n2/N=C\c2ccc(-c3ccccc3)s2)c1. The normalized spacial score (nSPS) is 11.3. The van der Waals surface area contributed by atoms with Crippen LogP contribution in [0.4, 0.5) is 4.39 Å². The average molecular weight is 380 g/mol. The molecule has 4 nitrogen and oxygen atoms in total.